The molecule has 0 aromatic heterocycles. The van der Waals surface area contributed by atoms with Gasteiger partial charge in [0.25, 0.3) is 0 Å². The van der Waals surface area contributed by atoms with Gasteiger partial charge in [0, 0.05) is 6.54 Å². The van der Waals surface area contributed by atoms with E-state index in [1.807, 2.05) is 13.0 Å². The first-order chi connectivity index (χ1) is 7.44. The molecule has 0 heterocycles. The van der Waals surface area contributed by atoms with E-state index in [1.165, 1.54) is 5.57 Å². The molecule has 0 aliphatic rings. The van der Waals surface area contributed by atoms with E-state index in [4.69, 9.17) is 0 Å². The maximum absolute atomic E-state index is 11.1. The molecule has 0 saturated carbocycles. The van der Waals surface area contributed by atoms with Crippen molar-refractivity contribution in [3.63, 3.8) is 0 Å². The molecule has 16 heavy (non-hydrogen) atoms. The van der Waals surface area contributed by atoms with Crippen LogP contribution in [-0.2, 0) is 4.79 Å². The van der Waals surface area contributed by atoms with Gasteiger partial charge in [-0.3, -0.25) is 4.79 Å². The van der Waals surface area contributed by atoms with E-state index in [2.05, 4.69) is 39.1 Å². The van der Waals surface area contributed by atoms with Gasteiger partial charge in [-0.25, -0.2) is 0 Å². The highest BCUT2D eigenvalue weighted by Crippen LogP contribution is 2.31. The topological polar surface area (TPSA) is 29.1 Å². The standard InChI is InChI=1S/C14H25NO/c1-6-12(3)14(4,5)11-9-8-10-13(16)15-7-2/h6,8,10H,7,9,11H2,1-5H3,(H,15,16). The van der Waals surface area contributed by atoms with Crippen LogP contribution in [0.3, 0.4) is 0 Å². The fraction of sp³-hybridized carbons (Fsp3) is 0.643. The molecule has 1 N–H and O–H groups in total. The first-order valence-corrected chi connectivity index (χ1v) is 6.01. The van der Waals surface area contributed by atoms with Crippen molar-refractivity contribution in [2.24, 2.45) is 5.41 Å². The Bertz CT molecular complexity index is 274. The molecule has 0 aliphatic carbocycles. The van der Waals surface area contributed by atoms with Gasteiger partial charge in [0.2, 0.25) is 5.91 Å². The fourth-order valence-corrected chi connectivity index (χ4v) is 1.46. The molecule has 2 heteroatoms. The summed E-state index contributed by atoms with van der Waals surface area (Å²) >= 11 is 0. The van der Waals surface area contributed by atoms with Crippen molar-refractivity contribution in [2.45, 2.75) is 47.5 Å². The molecule has 0 saturated heterocycles. The van der Waals surface area contributed by atoms with Crippen LogP contribution in [0.1, 0.15) is 47.5 Å². The minimum absolute atomic E-state index is 0.00283. The molecule has 0 aromatic rings. The maximum Gasteiger partial charge on any atom is 0.243 e. The maximum atomic E-state index is 11.1. The third-order valence-corrected chi connectivity index (χ3v) is 3.06. The quantitative estimate of drug-likeness (QED) is 0.542. The van der Waals surface area contributed by atoms with E-state index in [-0.39, 0.29) is 11.3 Å². The third kappa shape index (κ3) is 5.74. The minimum atomic E-state index is 0.00283. The van der Waals surface area contributed by atoms with E-state index >= 15 is 0 Å². The number of nitrogens with one attached hydrogen (secondary N) is 1. The SMILES string of the molecule is CC=C(C)C(C)(C)CCC=CC(=O)NCC. The molecule has 0 unspecified atom stereocenters. The summed E-state index contributed by atoms with van der Waals surface area (Å²) in [7, 11) is 0. The molecular weight excluding hydrogens is 198 g/mol. The molecule has 0 aliphatic heterocycles. The number of allylic oxidation sites excluding steroid dienone is 3. The van der Waals surface area contributed by atoms with Crippen LogP contribution in [0.5, 0.6) is 0 Å². The summed E-state index contributed by atoms with van der Waals surface area (Å²) in [5, 5.41) is 2.74. The Morgan fingerprint density at radius 2 is 2.00 bits per heavy atom. The van der Waals surface area contributed by atoms with E-state index < -0.39 is 0 Å². The Morgan fingerprint density at radius 3 is 2.50 bits per heavy atom. The van der Waals surface area contributed by atoms with Crippen molar-refractivity contribution in [3.8, 4) is 0 Å². The Hall–Kier alpha value is -1.05. The molecule has 0 bridgehead atoms. The van der Waals surface area contributed by atoms with Crippen molar-refractivity contribution in [3.05, 3.63) is 23.8 Å². The van der Waals surface area contributed by atoms with Gasteiger partial charge in [0.15, 0.2) is 0 Å². The normalized spacial score (nSPS) is 13.2. The van der Waals surface area contributed by atoms with E-state index in [1.54, 1.807) is 6.08 Å². The Balaban J connectivity index is 4.03. The molecule has 0 spiro atoms. The Kier molecular flexibility index (Phi) is 6.78. The summed E-state index contributed by atoms with van der Waals surface area (Å²) < 4.78 is 0. The van der Waals surface area contributed by atoms with Crippen molar-refractivity contribution >= 4 is 5.91 Å². The zero-order valence-electron chi connectivity index (χ0n) is 11.3. The summed E-state index contributed by atoms with van der Waals surface area (Å²) in [6.07, 6.45) is 7.75. The van der Waals surface area contributed by atoms with E-state index in [0.717, 1.165) is 12.8 Å². The molecule has 0 atom stereocenters. The predicted molar refractivity (Wildman–Crippen MR) is 70.3 cm³/mol. The van der Waals surface area contributed by atoms with Crippen LogP contribution in [0.2, 0.25) is 0 Å². The Labute approximate surface area is 99.8 Å². The monoisotopic (exact) mass is 223 g/mol. The summed E-state index contributed by atoms with van der Waals surface area (Å²) in [4.78, 5) is 11.1. The van der Waals surface area contributed by atoms with E-state index in [0.29, 0.717) is 6.54 Å². The lowest BCUT2D eigenvalue weighted by atomic mass is 9.81. The molecule has 92 valence electrons. The average Bonchev–Trinajstić information content (AvgIpc) is 2.23. The first kappa shape index (κ1) is 14.9. The summed E-state index contributed by atoms with van der Waals surface area (Å²) in [6, 6.07) is 0. The minimum Gasteiger partial charge on any atom is -0.353 e. The zero-order valence-corrected chi connectivity index (χ0v) is 11.3. The van der Waals surface area contributed by atoms with Gasteiger partial charge in [-0.05, 0) is 45.1 Å². The number of likely N-dealkylation sites (N-methyl/N-ethyl adjacent to an activating group) is 1. The molecule has 2 nitrogen and oxygen atoms in total. The molecular formula is C14H25NO. The fourth-order valence-electron chi connectivity index (χ4n) is 1.46. The van der Waals surface area contributed by atoms with Crippen molar-refractivity contribution in [1.82, 2.24) is 5.32 Å². The average molecular weight is 223 g/mol. The predicted octanol–water partition coefficient (Wildman–Crippen LogP) is 3.45. The van der Waals surface area contributed by atoms with Crippen molar-refractivity contribution in [1.29, 1.82) is 0 Å². The van der Waals surface area contributed by atoms with Gasteiger partial charge in [-0.15, -0.1) is 0 Å². The molecule has 0 aromatic carbocycles. The van der Waals surface area contributed by atoms with Crippen LogP contribution in [-0.4, -0.2) is 12.5 Å². The van der Waals surface area contributed by atoms with E-state index in [9.17, 15) is 4.79 Å². The number of hydrogen-bond donors (Lipinski definition) is 1. The highest BCUT2D eigenvalue weighted by molar-refractivity contribution is 5.87. The first-order valence-electron chi connectivity index (χ1n) is 6.01. The van der Waals surface area contributed by atoms with Gasteiger partial charge >= 0.3 is 0 Å². The number of carbonyl (C=O) groups excluding carboxylic acids is 1. The molecule has 0 rings (SSSR count). The van der Waals surface area contributed by atoms with Crippen LogP contribution in [0, 0.1) is 5.41 Å². The van der Waals surface area contributed by atoms with Crippen LogP contribution in [0.15, 0.2) is 23.8 Å². The number of hydrogen-bond acceptors (Lipinski definition) is 1. The largest absolute Gasteiger partial charge is 0.353 e. The second-order valence-electron chi connectivity index (χ2n) is 4.69. The van der Waals surface area contributed by atoms with Crippen molar-refractivity contribution in [2.75, 3.05) is 6.54 Å². The third-order valence-electron chi connectivity index (χ3n) is 3.06. The highest BCUT2D eigenvalue weighted by atomic mass is 16.1. The molecule has 0 fully saturated rings. The Morgan fingerprint density at radius 1 is 1.38 bits per heavy atom. The molecule has 0 radical (unpaired) electrons. The summed E-state index contributed by atoms with van der Waals surface area (Å²) in [6.45, 7) is 11.3. The van der Waals surface area contributed by atoms with Gasteiger partial charge < -0.3 is 5.32 Å². The second kappa shape index (κ2) is 7.26. The van der Waals surface area contributed by atoms with Crippen LogP contribution in [0.25, 0.3) is 0 Å². The van der Waals surface area contributed by atoms with Gasteiger partial charge in [-0.2, -0.15) is 0 Å². The lowest BCUT2D eigenvalue weighted by molar-refractivity contribution is -0.116. The zero-order chi connectivity index (χ0) is 12.6. The summed E-state index contributed by atoms with van der Waals surface area (Å²) in [5.74, 6) is 0.00283. The number of carbonyl (C=O) groups is 1. The van der Waals surface area contributed by atoms with Crippen molar-refractivity contribution < 1.29 is 4.79 Å². The smallest absolute Gasteiger partial charge is 0.243 e. The highest BCUT2D eigenvalue weighted by Gasteiger charge is 2.17. The van der Waals surface area contributed by atoms with Crippen LogP contribution < -0.4 is 5.32 Å². The van der Waals surface area contributed by atoms with Gasteiger partial charge in [0.05, 0.1) is 0 Å². The second-order valence-corrected chi connectivity index (χ2v) is 4.69. The lowest BCUT2D eigenvalue weighted by Gasteiger charge is -2.25. The summed E-state index contributed by atoms with van der Waals surface area (Å²) in [5.41, 5.74) is 1.62. The number of amides is 1. The molecule has 1 amide bonds. The lowest BCUT2D eigenvalue weighted by Crippen LogP contribution is -2.19. The van der Waals surface area contributed by atoms with Gasteiger partial charge in [-0.1, -0.05) is 31.6 Å². The van der Waals surface area contributed by atoms with Gasteiger partial charge in [0.1, 0.15) is 0 Å². The van der Waals surface area contributed by atoms with Crippen LogP contribution >= 0.6 is 0 Å². The van der Waals surface area contributed by atoms with Crippen LogP contribution in [0.4, 0.5) is 0 Å². The number of rotatable bonds is 6.